The molecule has 1 aromatic rings. The maximum Gasteiger partial charge on any atom is 0.279 e. The minimum absolute atomic E-state index is 0.500. The molecule has 1 aliphatic heterocycles. The van der Waals surface area contributed by atoms with Crippen molar-refractivity contribution in [3.05, 3.63) is 34.9 Å². The number of piperazine rings is 1. The van der Waals surface area contributed by atoms with Crippen LogP contribution in [0.1, 0.15) is 25.3 Å². The van der Waals surface area contributed by atoms with Crippen LogP contribution in [0.15, 0.2) is 24.3 Å². The van der Waals surface area contributed by atoms with Crippen LogP contribution in [-0.4, -0.2) is 56.9 Å². The summed E-state index contributed by atoms with van der Waals surface area (Å²) in [5, 5.41) is 0.824. The third-order valence-electron chi connectivity index (χ3n) is 4.08. The Hall–Kier alpha value is -0.660. The Morgan fingerprint density at radius 1 is 1.17 bits per heavy atom. The molecule has 0 aliphatic carbocycles. The average Bonchev–Trinajstić information content (AvgIpc) is 2.55. The summed E-state index contributed by atoms with van der Waals surface area (Å²) in [7, 11) is -3.30. The third kappa shape index (κ3) is 5.72. The van der Waals surface area contributed by atoms with Crippen LogP contribution in [0.2, 0.25) is 5.02 Å². The minimum Gasteiger partial charge on any atom is -0.301 e. The van der Waals surface area contributed by atoms with Gasteiger partial charge >= 0.3 is 0 Å². The first-order valence-electron chi connectivity index (χ1n) is 8.23. The highest BCUT2D eigenvalue weighted by Gasteiger charge is 2.25. The number of hydrogen-bond donors (Lipinski definition) is 1. The number of hydrogen-bond acceptors (Lipinski definition) is 3. The lowest BCUT2D eigenvalue weighted by atomic mass is 10.1. The van der Waals surface area contributed by atoms with Gasteiger partial charge in [-0.2, -0.15) is 12.7 Å². The zero-order valence-electron chi connectivity index (χ0n) is 13.7. The molecule has 0 unspecified atom stereocenters. The summed E-state index contributed by atoms with van der Waals surface area (Å²) in [6, 6.07) is 7.93. The van der Waals surface area contributed by atoms with Crippen LogP contribution < -0.4 is 4.72 Å². The summed E-state index contributed by atoms with van der Waals surface area (Å²) in [6.45, 7) is 6.13. The maximum absolute atomic E-state index is 12.1. The van der Waals surface area contributed by atoms with Gasteiger partial charge < -0.3 is 4.90 Å². The fraction of sp³-hybridized carbons (Fsp3) is 0.625. The molecular formula is C16H26ClN3O2S. The van der Waals surface area contributed by atoms with Crippen molar-refractivity contribution < 1.29 is 8.42 Å². The summed E-state index contributed by atoms with van der Waals surface area (Å²) in [5.41, 5.74) is 1.18. The van der Waals surface area contributed by atoms with Gasteiger partial charge in [0.05, 0.1) is 0 Å². The molecule has 0 bridgehead atoms. The summed E-state index contributed by atoms with van der Waals surface area (Å²) in [5.74, 6) is 0. The quantitative estimate of drug-likeness (QED) is 0.773. The Labute approximate surface area is 144 Å². The number of aryl methyl sites for hydroxylation is 1. The van der Waals surface area contributed by atoms with Crippen molar-refractivity contribution in [2.45, 2.75) is 26.2 Å². The lowest BCUT2D eigenvalue weighted by molar-refractivity contribution is 0.185. The number of rotatable bonds is 8. The molecule has 130 valence electrons. The molecule has 1 aliphatic rings. The lowest BCUT2D eigenvalue weighted by Gasteiger charge is -2.33. The van der Waals surface area contributed by atoms with E-state index in [0.29, 0.717) is 19.6 Å². The zero-order chi connectivity index (χ0) is 16.7. The van der Waals surface area contributed by atoms with E-state index < -0.39 is 10.2 Å². The largest absolute Gasteiger partial charge is 0.301 e. The van der Waals surface area contributed by atoms with Crippen LogP contribution in [0, 0.1) is 0 Å². The van der Waals surface area contributed by atoms with Crippen LogP contribution in [0.4, 0.5) is 0 Å². The van der Waals surface area contributed by atoms with Gasteiger partial charge in [-0.25, -0.2) is 4.72 Å². The van der Waals surface area contributed by atoms with Crippen molar-refractivity contribution in [1.29, 1.82) is 0 Å². The normalized spacial score (nSPS) is 17.5. The van der Waals surface area contributed by atoms with Crippen molar-refractivity contribution in [2.24, 2.45) is 0 Å². The van der Waals surface area contributed by atoms with Crippen LogP contribution in [0.25, 0.3) is 0 Å². The summed E-state index contributed by atoms with van der Waals surface area (Å²) in [4.78, 5) is 2.32. The van der Waals surface area contributed by atoms with E-state index in [1.54, 1.807) is 4.31 Å². The fourth-order valence-corrected chi connectivity index (χ4v) is 4.23. The Balaban J connectivity index is 1.72. The van der Waals surface area contributed by atoms with E-state index in [9.17, 15) is 8.42 Å². The summed E-state index contributed by atoms with van der Waals surface area (Å²) >= 11 is 6.16. The zero-order valence-corrected chi connectivity index (χ0v) is 15.2. The smallest absolute Gasteiger partial charge is 0.279 e. The second-order valence-corrected chi connectivity index (χ2v) is 8.00. The van der Waals surface area contributed by atoms with Gasteiger partial charge in [0.1, 0.15) is 0 Å². The predicted octanol–water partition coefficient (Wildman–Crippen LogP) is 2.13. The number of nitrogens with one attached hydrogen (secondary N) is 1. The molecule has 5 nitrogen and oxygen atoms in total. The molecule has 0 atom stereocenters. The van der Waals surface area contributed by atoms with E-state index in [1.165, 1.54) is 5.56 Å². The van der Waals surface area contributed by atoms with Gasteiger partial charge in [0.15, 0.2) is 0 Å². The van der Waals surface area contributed by atoms with E-state index in [-0.39, 0.29) is 0 Å². The van der Waals surface area contributed by atoms with Gasteiger partial charge in [-0.1, -0.05) is 36.7 Å². The summed E-state index contributed by atoms with van der Waals surface area (Å²) < 4.78 is 28.3. The van der Waals surface area contributed by atoms with Gasteiger partial charge in [0, 0.05) is 37.7 Å². The first-order valence-corrected chi connectivity index (χ1v) is 10.0. The minimum atomic E-state index is -3.30. The van der Waals surface area contributed by atoms with Gasteiger partial charge in [0.25, 0.3) is 10.2 Å². The Morgan fingerprint density at radius 3 is 2.52 bits per heavy atom. The SMILES string of the molecule is CCCNS(=O)(=O)N1CCN(CCCc2ccccc2Cl)CC1. The van der Waals surface area contributed by atoms with E-state index in [0.717, 1.165) is 43.9 Å². The lowest BCUT2D eigenvalue weighted by Crippen LogP contribution is -2.52. The highest BCUT2D eigenvalue weighted by molar-refractivity contribution is 7.87. The Bertz CT molecular complexity index is 587. The molecule has 0 saturated carbocycles. The maximum atomic E-state index is 12.1. The second-order valence-electron chi connectivity index (χ2n) is 5.84. The van der Waals surface area contributed by atoms with Crippen LogP contribution in [0.3, 0.4) is 0 Å². The molecule has 1 fully saturated rings. The van der Waals surface area contributed by atoms with Crippen molar-refractivity contribution in [3.8, 4) is 0 Å². The van der Waals surface area contributed by atoms with Gasteiger partial charge in [-0.05, 0) is 37.4 Å². The molecule has 7 heteroatoms. The van der Waals surface area contributed by atoms with E-state index in [1.807, 2.05) is 25.1 Å². The first kappa shape index (κ1) is 18.7. The molecule has 2 rings (SSSR count). The average molecular weight is 360 g/mol. The predicted molar refractivity (Wildman–Crippen MR) is 95.0 cm³/mol. The standard InChI is InChI=1S/C16H26ClN3O2S/c1-2-9-18-23(21,22)20-13-11-19(12-14-20)10-5-7-15-6-3-4-8-16(15)17/h3-4,6,8,18H,2,5,7,9-14H2,1H3. The van der Waals surface area contributed by atoms with Crippen LogP contribution in [-0.2, 0) is 16.6 Å². The molecular weight excluding hydrogens is 334 g/mol. The number of halogens is 1. The van der Waals surface area contributed by atoms with Gasteiger partial charge in [0.2, 0.25) is 0 Å². The van der Waals surface area contributed by atoms with Gasteiger partial charge in [-0.3, -0.25) is 0 Å². The topological polar surface area (TPSA) is 52.7 Å². The molecule has 0 radical (unpaired) electrons. The summed E-state index contributed by atoms with van der Waals surface area (Å²) in [6.07, 6.45) is 2.79. The van der Waals surface area contributed by atoms with Crippen molar-refractivity contribution in [1.82, 2.24) is 13.9 Å². The molecule has 0 aromatic heterocycles. The van der Waals surface area contributed by atoms with E-state index >= 15 is 0 Å². The molecule has 1 saturated heterocycles. The molecule has 1 aromatic carbocycles. The number of nitrogens with zero attached hydrogens (tertiary/aromatic N) is 2. The number of benzene rings is 1. The molecule has 1 N–H and O–H groups in total. The first-order chi connectivity index (χ1) is 11.0. The van der Waals surface area contributed by atoms with Crippen LogP contribution >= 0.6 is 11.6 Å². The van der Waals surface area contributed by atoms with Crippen molar-refractivity contribution in [2.75, 3.05) is 39.3 Å². The molecule has 23 heavy (non-hydrogen) atoms. The highest BCUT2D eigenvalue weighted by Crippen LogP contribution is 2.17. The Kier molecular flexibility index (Phi) is 7.30. The van der Waals surface area contributed by atoms with Crippen molar-refractivity contribution in [3.63, 3.8) is 0 Å². The second kappa shape index (κ2) is 8.99. The highest BCUT2D eigenvalue weighted by atomic mass is 35.5. The van der Waals surface area contributed by atoms with E-state index in [2.05, 4.69) is 15.7 Å². The fourth-order valence-electron chi connectivity index (χ4n) is 2.71. The molecule has 0 amide bonds. The third-order valence-corrected chi connectivity index (χ3v) is 6.07. The van der Waals surface area contributed by atoms with E-state index in [4.69, 9.17) is 11.6 Å². The monoisotopic (exact) mass is 359 g/mol. The van der Waals surface area contributed by atoms with Crippen molar-refractivity contribution >= 4 is 21.8 Å². The van der Waals surface area contributed by atoms with Gasteiger partial charge in [-0.15, -0.1) is 0 Å². The van der Waals surface area contributed by atoms with Crippen LogP contribution in [0.5, 0.6) is 0 Å². The molecule has 1 heterocycles. The Morgan fingerprint density at radius 2 is 1.87 bits per heavy atom. The molecule has 0 spiro atoms.